The summed E-state index contributed by atoms with van der Waals surface area (Å²) in [6.07, 6.45) is -13.1. The second kappa shape index (κ2) is 11.6. The molecule has 234 valence electrons. The summed E-state index contributed by atoms with van der Waals surface area (Å²) in [4.78, 5) is 4.40. The zero-order valence-corrected chi connectivity index (χ0v) is 22.8. The number of morpholine rings is 1. The molecule has 1 saturated heterocycles. The molecule has 0 bridgehead atoms. The number of halogens is 9. The van der Waals surface area contributed by atoms with Crippen LogP contribution in [-0.4, -0.2) is 51.4 Å². The van der Waals surface area contributed by atoms with Crippen molar-refractivity contribution in [2.75, 3.05) is 31.2 Å². The van der Waals surface area contributed by atoms with Gasteiger partial charge in [0.15, 0.2) is 0 Å². The van der Waals surface area contributed by atoms with Gasteiger partial charge in [-0.15, -0.1) is 5.10 Å². The number of hydrogen-bond acceptors (Lipinski definition) is 6. The molecule has 3 aromatic rings. The highest BCUT2D eigenvalue weighted by Crippen LogP contribution is 2.47. The first-order valence-electron chi connectivity index (χ1n) is 13.4. The van der Waals surface area contributed by atoms with E-state index in [0.717, 1.165) is 29.8 Å². The zero-order valence-electron chi connectivity index (χ0n) is 22.8. The minimum absolute atomic E-state index is 0.0158. The zero-order chi connectivity index (χ0) is 31.2. The maximum atomic E-state index is 13.9. The highest BCUT2D eigenvalue weighted by Gasteiger charge is 2.40. The van der Waals surface area contributed by atoms with Gasteiger partial charge in [-0.25, -0.2) is 0 Å². The van der Waals surface area contributed by atoms with E-state index in [-0.39, 0.29) is 41.6 Å². The smallest absolute Gasteiger partial charge is 0.379 e. The van der Waals surface area contributed by atoms with E-state index in [1.54, 1.807) is 0 Å². The van der Waals surface area contributed by atoms with Crippen molar-refractivity contribution in [2.24, 2.45) is 13.0 Å². The monoisotopic (exact) mass is 622 g/mol. The van der Waals surface area contributed by atoms with Crippen molar-refractivity contribution in [2.45, 2.75) is 50.5 Å². The Balaban J connectivity index is 1.59. The minimum Gasteiger partial charge on any atom is -0.379 e. The lowest BCUT2D eigenvalue weighted by molar-refractivity contribution is -0.143. The normalized spacial score (nSPS) is 17.7. The molecule has 2 heterocycles. The summed E-state index contributed by atoms with van der Waals surface area (Å²) in [6.45, 7) is 1.11. The first-order valence-corrected chi connectivity index (χ1v) is 13.4. The van der Waals surface area contributed by atoms with Crippen LogP contribution in [-0.2, 0) is 43.4 Å². The van der Waals surface area contributed by atoms with Gasteiger partial charge >= 0.3 is 18.5 Å². The number of tetrazole rings is 1. The highest BCUT2D eigenvalue weighted by molar-refractivity contribution is 5.42. The Morgan fingerprint density at radius 2 is 1.44 bits per heavy atom. The number of benzene rings is 2. The lowest BCUT2D eigenvalue weighted by atomic mass is 9.92. The topological polar surface area (TPSA) is 59.3 Å². The molecule has 0 amide bonds. The van der Waals surface area contributed by atoms with Gasteiger partial charge in [0.05, 0.1) is 37.0 Å². The Labute approximate surface area is 240 Å². The maximum absolute atomic E-state index is 13.9. The molecule has 2 aromatic carbocycles. The molecular formula is C27H27F9N6O. The third kappa shape index (κ3) is 7.40. The van der Waals surface area contributed by atoms with Gasteiger partial charge in [-0.1, -0.05) is 11.2 Å². The molecule has 2 fully saturated rings. The third-order valence-electron chi connectivity index (χ3n) is 7.46. The fraction of sp³-hybridized carbons (Fsp3) is 0.519. The van der Waals surface area contributed by atoms with Gasteiger partial charge in [0.25, 0.3) is 5.95 Å². The molecular weight excluding hydrogens is 595 g/mol. The number of aryl methyl sites for hydroxylation is 1. The second-order valence-electron chi connectivity index (χ2n) is 10.7. The van der Waals surface area contributed by atoms with Crippen molar-refractivity contribution in [3.63, 3.8) is 0 Å². The lowest BCUT2D eigenvalue weighted by Crippen LogP contribution is -2.40. The van der Waals surface area contributed by atoms with Crippen LogP contribution in [0.1, 0.15) is 52.3 Å². The fourth-order valence-electron chi connectivity index (χ4n) is 5.36. The summed E-state index contributed by atoms with van der Waals surface area (Å²) >= 11 is 0. The van der Waals surface area contributed by atoms with Crippen LogP contribution in [0.25, 0.3) is 0 Å². The highest BCUT2D eigenvalue weighted by atomic mass is 19.4. The molecule has 1 atom stereocenters. The average Bonchev–Trinajstić information content (AvgIpc) is 3.66. The van der Waals surface area contributed by atoms with Gasteiger partial charge < -0.3 is 9.64 Å². The number of alkyl halides is 9. The predicted octanol–water partition coefficient (Wildman–Crippen LogP) is 6.26. The number of nitrogens with zero attached hydrogens (tertiary/aromatic N) is 6. The van der Waals surface area contributed by atoms with Crippen molar-refractivity contribution in [1.82, 2.24) is 25.1 Å². The van der Waals surface area contributed by atoms with E-state index in [1.807, 2.05) is 0 Å². The van der Waals surface area contributed by atoms with Crippen LogP contribution < -0.4 is 4.90 Å². The van der Waals surface area contributed by atoms with E-state index < -0.39 is 41.8 Å². The van der Waals surface area contributed by atoms with E-state index in [0.29, 0.717) is 44.0 Å². The van der Waals surface area contributed by atoms with Crippen LogP contribution in [0.4, 0.5) is 45.5 Å². The summed E-state index contributed by atoms with van der Waals surface area (Å²) in [5, 5.41) is 11.6. The Kier molecular flexibility index (Phi) is 8.37. The van der Waals surface area contributed by atoms with Crippen LogP contribution in [0, 0.1) is 5.92 Å². The van der Waals surface area contributed by atoms with Gasteiger partial charge in [0, 0.05) is 32.2 Å². The number of ether oxygens (including phenoxy) is 1. The summed E-state index contributed by atoms with van der Waals surface area (Å²) in [5.74, 6) is 0.000617. The van der Waals surface area contributed by atoms with Crippen LogP contribution in [0.2, 0.25) is 0 Å². The van der Waals surface area contributed by atoms with Gasteiger partial charge in [-0.05, 0) is 71.0 Å². The molecule has 1 aliphatic carbocycles. The molecule has 5 rings (SSSR count). The Bertz CT molecular complexity index is 1390. The molecule has 1 unspecified atom stereocenters. The summed E-state index contributed by atoms with van der Waals surface area (Å²) in [6, 6.07) is 4.29. The molecule has 1 aromatic heterocycles. The van der Waals surface area contributed by atoms with Crippen molar-refractivity contribution < 1.29 is 44.3 Å². The molecule has 43 heavy (non-hydrogen) atoms. The fourth-order valence-corrected chi connectivity index (χ4v) is 5.36. The van der Waals surface area contributed by atoms with E-state index in [1.165, 1.54) is 18.0 Å². The first kappa shape index (κ1) is 31.0. The third-order valence-corrected chi connectivity index (χ3v) is 7.46. The van der Waals surface area contributed by atoms with Crippen LogP contribution in [0.15, 0.2) is 36.4 Å². The molecule has 0 spiro atoms. The van der Waals surface area contributed by atoms with Crippen molar-refractivity contribution >= 4 is 5.95 Å². The number of anilines is 1. The first-order chi connectivity index (χ1) is 20.1. The van der Waals surface area contributed by atoms with E-state index >= 15 is 0 Å². The van der Waals surface area contributed by atoms with E-state index in [9.17, 15) is 39.5 Å². The van der Waals surface area contributed by atoms with E-state index in [4.69, 9.17) is 4.74 Å². The Morgan fingerprint density at radius 3 is 1.95 bits per heavy atom. The van der Waals surface area contributed by atoms with Crippen LogP contribution in [0.5, 0.6) is 0 Å². The molecule has 2 aliphatic rings. The number of rotatable bonds is 8. The van der Waals surface area contributed by atoms with Gasteiger partial charge in [0.1, 0.15) is 0 Å². The Hall–Kier alpha value is -3.40. The Morgan fingerprint density at radius 1 is 0.837 bits per heavy atom. The van der Waals surface area contributed by atoms with E-state index in [2.05, 4.69) is 20.3 Å². The van der Waals surface area contributed by atoms with Crippen molar-refractivity contribution in [1.29, 1.82) is 0 Å². The van der Waals surface area contributed by atoms with Gasteiger partial charge in [-0.2, -0.15) is 44.3 Å². The standard InChI is InChI=1S/C27H27F9N6O/c1-40-38-24(37-39-40)42(14-16-10-20(26(31,32)33)13-21(11-16)27(34,35)36)15-18-12-19(25(28,29)30)4-5-22(18)23(17-2-3-17)41-6-8-43-9-7-41/h4-5,10-13,17,23H,2-3,6-9,14-15H2,1H3. The maximum Gasteiger partial charge on any atom is 0.416 e. The number of aromatic nitrogens is 4. The van der Waals surface area contributed by atoms with Crippen LogP contribution >= 0.6 is 0 Å². The quantitative estimate of drug-likeness (QED) is 0.277. The van der Waals surface area contributed by atoms with Gasteiger partial charge in [-0.3, -0.25) is 4.90 Å². The lowest BCUT2D eigenvalue weighted by Gasteiger charge is -2.36. The molecule has 1 saturated carbocycles. The van der Waals surface area contributed by atoms with Crippen molar-refractivity contribution in [3.05, 3.63) is 69.8 Å². The molecule has 1 aliphatic heterocycles. The molecule has 16 heteroatoms. The largest absolute Gasteiger partial charge is 0.416 e. The van der Waals surface area contributed by atoms with Crippen LogP contribution in [0.3, 0.4) is 0 Å². The predicted molar refractivity (Wildman–Crippen MR) is 134 cm³/mol. The summed E-state index contributed by atoms with van der Waals surface area (Å²) in [5.41, 5.74) is -3.54. The molecule has 0 radical (unpaired) electrons. The SMILES string of the molecule is Cn1nnc(N(Cc2cc(C(F)(F)F)cc(C(F)(F)F)c2)Cc2cc(C(F)(F)F)ccc2C(C2CC2)N2CCOCC2)n1. The molecule has 7 nitrogen and oxygen atoms in total. The van der Waals surface area contributed by atoms with Crippen molar-refractivity contribution in [3.8, 4) is 0 Å². The number of hydrogen-bond donors (Lipinski definition) is 0. The second-order valence-corrected chi connectivity index (χ2v) is 10.7. The average molecular weight is 623 g/mol. The summed E-state index contributed by atoms with van der Waals surface area (Å²) in [7, 11) is 1.40. The summed E-state index contributed by atoms with van der Waals surface area (Å²) < 4.78 is 128. The molecule has 0 N–H and O–H groups in total. The minimum atomic E-state index is -5.07. The van der Waals surface area contributed by atoms with Gasteiger partial charge in [0.2, 0.25) is 0 Å².